The van der Waals surface area contributed by atoms with Crippen molar-refractivity contribution in [2.24, 2.45) is 5.92 Å². The zero-order chi connectivity index (χ0) is 12.3. The topological polar surface area (TPSA) is 29.5 Å². The highest BCUT2D eigenvalue weighted by atomic mass is 32.1. The number of rotatable bonds is 4. The summed E-state index contributed by atoms with van der Waals surface area (Å²) < 4.78 is 4.79. The lowest BCUT2D eigenvalue weighted by Crippen LogP contribution is -2.23. The predicted octanol–water partition coefficient (Wildman–Crippen LogP) is 2.31. The Morgan fingerprint density at radius 2 is 2.29 bits per heavy atom. The zero-order valence-electron chi connectivity index (χ0n) is 10.4. The lowest BCUT2D eigenvalue weighted by molar-refractivity contribution is -0.144. The minimum atomic E-state index is -0.0621. The first kappa shape index (κ1) is 12.6. The molecule has 0 saturated carbocycles. The van der Waals surface area contributed by atoms with Gasteiger partial charge in [0.05, 0.1) is 13.0 Å². The summed E-state index contributed by atoms with van der Waals surface area (Å²) in [5.74, 6) is 0.0125. The fourth-order valence-corrected chi connectivity index (χ4v) is 3.25. The van der Waals surface area contributed by atoms with Crippen LogP contribution >= 0.6 is 11.3 Å². The molecule has 3 nitrogen and oxygen atoms in total. The van der Waals surface area contributed by atoms with Gasteiger partial charge >= 0.3 is 5.97 Å². The molecule has 1 aromatic heterocycles. The normalized spacial score (nSPS) is 20.7. The van der Waals surface area contributed by atoms with Crippen LogP contribution in [0.15, 0.2) is 12.1 Å². The third-order valence-corrected chi connectivity index (χ3v) is 4.47. The van der Waals surface area contributed by atoms with E-state index < -0.39 is 0 Å². The van der Waals surface area contributed by atoms with Crippen molar-refractivity contribution < 1.29 is 9.53 Å². The molecule has 1 aromatic rings. The van der Waals surface area contributed by atoms with Crippen molar-refractivity contribution in [2.45, 2.75) is 26.3 Å². The van der Waals surface area contributed by atoms with Crippen molar-refractivity contribution in [3.8, 4) is 0 Å². The Labute approximate surface area is 106 Å². The van der Waals surface area contributed by atoms with Gasteiger partial charge < -0.3 is 4.74 Å². The molecule has 1 saturated heterocycles. The lowest BCUT2D eigenvalue weighted by atomic mass is 10.1. The summed E-state index contributed by atoms with van der Waals surface area (Å²) in [6.07, 6.45) is 2.04. The number of nitrogens with zero attached hydrogens (tertiary/aromatic N) is 1. The van der Waals surface area contributed by atoms with Crippen molar-refractivity contribution in [1.29, 1.82) is 0 Å². The molecule has 1 atom stereocenters. The number of esters is 1. The Morgan fingerprint density at radius 3 is 2.94 bits per heavy atom. The monoisotopic (exact) mass is 253 g/mol. The quantitative estimate of drug-likeness (QED) is 0.771. The summed E-state index contributed by atoms with van der Waals surface area (Å²) in [6, 6.07) is 4.41. The van der Waals surface area contributed by atoms with E-state index in [1.807, 2.05) is 11.3 Å². The number of carbonyl (C=O) groups excluding carboxylic acids is 1. The first-order valence-electron chi connectivity index (χ1n) is 6.10. The van der Waals surface area contributed by atoms with Gasteiger partial charge in [0.2, 0.25) is 0 Å². The van der Waals surface area contributed by atoms with E-state index in [9.17, 15) is 4.79 Å². The van der Waals surface area contributed by atoms with E-state index in [-0.39, 0.29) is 11.9 Å². The average Bonchev–Trinajstić information content (AvgIpc) is 2.97. The maximum Gasteiger partial charge on any atom is 0.310 e. The molecule has 0 amide bonds. The summed E-state index contributed by atoms with van der Waals surface area (Å²) in [7, 11) is 1.47. The van der Waals surface area contributed by atoms with E-state index >= 15 is 0 Å². The molecule has 4 heteroatoms. The molecule has 1 fully saturated rings. The molecule has 0 spiro atoms. The molecule has 0 aliphatic carbocycles. The molecular weight excluding hydrogens is 234 g/mol. The van der Waals surface area contributed by atoms with Gasteiger partial charge in [-0.25, -0.2) is 0 Å². The average molecular weight is 253 g/mol. The Morgan fingerprint density at radius 1 is 1.53 bits per heavy atom. The molecule has 1 unspecified atom stereocenters. The van der Waals surface area contributed by atoms with Gasteiger partial charge in [0.1, 0.15) is 0 Å². The van der Waals surface area contributed by atoms with Gasteiger partial charge in [0.25, 0.3) is 0 Å². The molecule has 17 heavy (non-hydrogen) atoms. The molecule has 0 radical (unpaired) electrons. The Bertz CT molecular complexity index is 389. The van der Waals surface area contributed by atoms with E-state index in [2.05, 4.69) is 24.0 Å². The van der Waals surface area contributed by atoms with E-state index in [1.165, 1.54) is 16.9 Å². The van der Waals surface area contributed by atoms with Gasteiger partial charge in [-0.1, -0.05) is 6.92 Å². The van der Waals surface area contributed by atoms with Crippen LogP contribution in [0.4, 0.5) is 0 Å². The van der Waals surface area contributed by atoms with Crippen molar-refractivity contribution >= 4 is 17.3 Å². The number of hydrogen-bond acceptors (Lipinski definition) is 4. The van der Waals surface area contributed by atoms with Gasteiger partial charge in [-0.05, 0) is 31.5 Å². The lowest BCUT2D eigenvalue weighted by Gasteiger charge is -2.13. The summed E-state index contributed by atoms with van der Waals surface area (Å²) >= 11 is 1.88. The van der Waals surface area contributed by atoms with Gasteiger partial charge in [0, 0.05) is 22.8 Å². The van der Waals surface area contributed by atoms with Crippen molar-refractivity contribution in [2.75, 3.05) is 20.2 Å². The molecule has 1 aliphatic heterocycles. The van der Waals surface area contributed by atoms with E-state index in [1.54, 1.807) is 0 Å². The van der Waals surface area contributed by atoms with Crippen LogP contribution in [-0.2, 0) is 22.5 Å². The third kappa shape index (κ3) is 3.07. The molecule has 0 aromatic carbocycles. The number of aryl methyl sites for hydroxylation is 1. The van der Waals surface area contributed by atoms with Crippen LogP contribution in [0.2, 0.25) is 0 Å². The van der Waals surface area contributed by atoms with Crippen LogP contribution in [0.5, 0.6) is 0 Å². The van der Waals surface area contributed by atoms with Gasteiger partial charge in [-0.2, -0.15) is 0 Å². The van der Waals surface area contributed by atoms with Crippen LogP contribution < -0.4 is 0 Å². The maximum atomic E-state index is 11.4. The van der Waals surface area contributed by atoms with Crippen molar-refractivity contribution in [1.82, 2.24) is 4.90 Å². The Balaban J connectivity index is 1.87. The standard InChI is InChI=1S/C13H19NO2S/c1-3-11-4-5-12(17-11)9-14-7-6-10(8-14)13(15)16-2/h4-5,10H,3,6-9H2,1-2H3. The Kier molecular flexibility index (Phi) is 4.18. The second kappa shape index (κ2) is 5.65. The van der Waals surface area contributed by atoms with Gasteiger partial charge in [-0.15, -0.1) is 11.3 Å². The summed E-state index contributed by atoms with van der Waals surface area (Å²) in [5.41, 5.74) is 0. The second-order valence-electron chi connectivity index (χ2n) is 4.47. The fourth-order valence-electron chi connectivity index (χ4n) is 2.25. The highest BCUT2D eigenvalue weighted by molar-refractivity contribution is 7.11. The van der Waals surface area contributed by atoms with E-state index in [0.29, 0.717) is 0 Å². The first-order valence-corrected chi connectivity index (χ1v) is 6.92. The van der Waals surface area contributed by atoms with Gasteiger partial charge in [-0.3, -0.25) is 9.69 Å². The molecule has 1 aliphatic rings. The highest BCUT2D eigenvalue weighted by Gasteiger charge is 2.28. The zero-order valence-corrected chi connectivity index (χ0v) is 11.3. The molecule has 94 valence electrons. The minimum Gasteiger partial charge on any atom is -0.469 e. The number of carbonyl (C=O) groups is 1. The van der Waals surface area contributed by atoms with E-state index in [4.69, 9.17) is 4.74 Å². The smallest absolute Gasteiger partial charge is 0.310 e. The molecule has 0 bridgehead atoms. The first-order chi connectivity index (χ1) is 8.22. The number of ether oxygens (including phenoxy) is 1. The van der Waals surface area contributed by atoms with Crippen LogP contribution in [0, 0.1) is 5.92 Å². The van der Waals surface area contributed by atoms with Crippen LogP contribution in [0.25, 0.3) is 0 Å². The molecule has 2 rings (SSSR count). The maximum absolute atomic E-state index is 11.4. The fraction of sp³-hybridized carbons (Fsp3) is 0.615. The highest BCUT2D eigenvalue weighted by Crippen LogP contribution is 2.23. The van der Waals surface area contributed by atoms with Crippen LogP contribution in [0.3, 0.4) is 0 Å². The van der Waals surface area contributed by atoms with Crippen molar-refractivity contribution in [3.63, 3.8) is 0 Å². The summed E-state index contributed by atoms with van der Waals surface area (Å²) in [4.78, 5) is 16.6. The van der Waals surface area contributed by atoms with Gasteiger partial charge in [0.15, 0.2) is 0 Å². The van der Waals surface area contributed by atoms with Crippen molar-refractivity contribution in [3.05, 3.63) is 21.9 Å². The molecule has 0 N–H and O–H groups in total. The van der Waals surface area contributed by atoms with E-state index in [0.717, 1.165) is 32.5 Å². The molecular formula is C13H19NO2S. The summed E-state index contributed by atoms with van der Waals surface area (Å²) in [5, 5.41) is 0. The molecule has 2 heterocycles. The third-order valence-electron chi connectivity index (χ3n) is 3.25. The number of hydrogen-bond donors (Lipinski definition) is 0. The number of methoxy groups -OCH3 is 1. The minimum absolute atomic E-state index is 0.0621. The predicted molar refractivity (Wildman–Crippen MR) is 69.1 cm³/mol. The largest absolute Gasteiger partial charge is 0.469 e. The number of thiophene rings is 1. The Hall–Kier alpha value is -0.870. The van der Waals surface area contributed by atoms with Crippen LogP contribution in [0.1, 0.15) is 23.1 Å². The SMILES string of the molecule is CCc1ccc(CN2CCC(C(=O)OC)C2)s1. The second-order valence-corrected chi connectivity index (χ2v) is 5.72. The van der Waals surface area contributed by atoms with Crippen LogP contribution in [-0.4, -0.2) is 31.1 Å². The summed E-state index contributed by atoms with van der Waals surface area (Å²) in [6.45, 7) is 4.99. The number of likely N-dealkylation sites (tertiary alicyclic amines) is 1.